The van der Waals surface area contributed by atoms with Crippen LogP contribution in [-0.2, 0) is 13.0 Å². The molecule has 0 fully saturated rings. The Balaban J connectivity index is 0.00000200. The van der Waals surface area contributed by atoms with Crippen LogP contribution >= 0.6 is 12.4 Å². The molecule has 2 aromatic rings. The first kappa shape index (κ1) is 16.6. The number of imidazole rings is 1. The number of aromatic nitrogens is 2. The van der Waals surface area contributed by atoms with Crippen LogP contribution in [0.2, 0.25) is 0 Å². The van der Waals surface area contributed by atoms with Gasteiger partial charge in [-0.25, -0.2) is 4.98 Å². The normalized spacial score (nSPS) is 10.3. The topological polar surface area (TPSA) is 43.8 Å². The van der Waals surface area contributed by atoms with Gasteiger partial charge >= 0.3 is 0 Å². The lowest BCUT2D eigenvalue weighted by Crippen LogP contribution is -2.02. The summed E-state index contributed by atoms with van der Waals surface area (Å²) in [6.45, 7) is 5.33. The number of nitrogen functional groups attached to an aromatic ring is 1. The third-order valence-electron chi connectivity index (χ3n) is 3.48. The average Bonchev–Trinajstić information content (AvgIpc) is 2.80. The molecule has 3 nitrogen and oxygen atoms in total. The van der Waals surface area contributed by atoms with E-state index in [0.29, 0.717) is 5.95 Å². The van der Waals surface area contributed by atoms with Gasteiger partial charge in [-0.1, -0.05) is 51.0 Å². The predicted octanol–water partition coefficient (Wildman–Crippen LogP) is 4.31. The van der Waals surface area contributed by atoms with Gasteiger partial charge in [-0.15, -0.1) is 12.4 Å². The molecule has 20 heavy (non-hydrogen) atoms. The second-order valence-corrected chi connectivity index (χ2v) is 4.90. The Morgan fingerprint density at radius 3 is 2.60 bits per heavy atom. The monoisotopic (exact) mass is 293 g/mol. The van der Waals surface area contributed by atoms with Crippen molar-refractivity contribution < 1.29 is 0 Å². The maximum atomic E-state index is 6.00. The summed E-state index contributed by atoms with van der Waals surface area (Å²) in [5, 5.41) is 0. The maximum Gasteiger partial charge on any atom is 0.200 e. The molecule has 110 valence electrons. The fourth-order valence-corrected chi connectivity index (χ4v) is 2.35. The zero-order chi connectivity index (χ0) is 13.7. The van der Waals surface area contributed by atoms with Crippen molar-refractivity contribution in [2.75, 3.05) is 5.73 Å². The highest BCUT2D eigenvalue weighted by molar-refractivity contribution is 5.85. The first-order chi connectivity index (χ1) is 9.26. The van der Waals surface area contributed by atoms with Crippen molar-refractivity contribution >= 4 is 18.4 Å². The van der Waals surface area contributed by atoms with Gasteiger partial charge in [-0.2, -0.15) is 0 Å². The fraction of sp³-hybridized carbons (Fsp3) is 0.438. The summed E-state index contributed by atoms with van der Waals surface area (Å²) >= 11 is 0. The van der Waals surface area contributed by atoms with E-state index in [9.17, 15) is 0 Å². The molecule has 0 aliphatic rings. The molecule has 0 saturated carbocycles. The minimum Gasteiger partial charge on any atom is -0.369 e. The Bertz CT molecular complexity index is 534. The molecule has 1 aromatic heterocycles. The number of nitrogens with zero attached hydrogens (tertiary/aromatic N) is 2. The average molecular weight is 294 g/mol. The van der Waals surface area contributed by atoms with E-state index in [1.807, 2.05) is 0 Å². The minimum atomic E-state index is 0. The molecule has 2 rings (SSSR count). The Morgan fingerprint density at radius 1 is 1.15 bits per heavy atom. The van der Waals surface area contributed by atoms with E-state index >= 15 is 0 Å². The van der Waals surface area contributed by atoms with Crippen LogP contribution in [0.5, 0.6) is 0 Å². The number of unbranched alkanes of at least 4 members (excludes halogenated alkanes) is 2. The summed E-state index contributed by atoms with van der Waals surface area (Å²) in [4.78, 5) is 4.51. The molecule has 0 amide bonds. The number of nitrogens with two attached hydrogens (primary N) is 1. The van der Waals surface area contributed by atoms with Crippen LogP contribution in [0.1, 0.15) is 38.7 Å². The lowest BCUT2D eigenvalue weighted by Gasteiger charge is -2.04. The molecule has 0 bridgehead atoms. The second kappa shape index (κ2) is 7.95. The van der Waals surface area contributed by atoms with Gasteiger partial charge in [-0.3, -0.25) is 0 Å². The van der Waals surface area contributed by atoms with E-state index in [0.717, 1.165) is 25.1 Å². The number of halogens is 1. The highest BCUT2D eigenvalue weighted by Crippen LogP contribution is 2.24. The van der Waals surface area contributed by atoms with Crippen molar-refractivity contribution in [3.63, 3.8) is 0 Å². The maximum absolute atomic E-state index is 6.00. The van der Waals surface area contributed by atoms with Crippen LogP contribution in [-0.4, -0.2) is 9.55 Å². The number of hydrogen-bond acceptors (Lipinski definition) is 2. The van der Waals surface area contributed by atoms with E-state index in [1.54, 1.807) is 0 Å². The highest BCUT2D eigenvalue weighted by atomic mass is 35.5. The number of hydrogen-bond donors (Lipinski definition) is 1. The molecular formula is C16H24ClN3. The Hall–Kier alpha value is -1.48. The molecule has 0 aliphatic heterocycles. The van der Waals surface area contributed by atoms with E-state index in [2.05, 4.69) is 53.9 Å². The van der Waals surface area contributed by atoms with Gasteiger partial charge in [0.25, 0.3) is 0 Å². The van der Waals surface area contributed by atoms with Crippen molar-refractivity contribution in [2.45, 2.75) is 46.1 Å². The molecule has 1 aromatic carbocycles. The number of benzene rings is 1. The summed E-state index contributed by atoms with van der Waals surface area (Å²) in [7, 11) is 0. The summed E-state index contributed by atoms with van der Waals surface area (Å²) < 4.78 is 2.07. The predicted molar refractivity (Wildman–Crippen MR) is 88.2 cm³/mol. The lowest BCUT2D eigenvalue weighted by atomic mass is 10.0. The molecule has 1 heterocycles. The Morgan fingerprint density at radius 2 is 1.90 bits per heavy atom. The van der Waals surface area contributed by atoms with Crippen LogP contribution in [0.4, 0.5) is 5.95 Å². The third kappa shape index (κ3) is 3.76. The molecule has 0 unspecified atom stereocenters. The first-order valence-electron chi connectivity index (χ1n) is 7.17. The molecular weight excluding hydrogens is 270 g/mol. The molecule has 0 radical (unpaired) electrons. The SMILES string of the molecule is CCCCCn1cc(-c2ccccc2CC)nc1N.Cl. The van der Waals surface area contributed by atoms with Crippen molar-refractivity contribution in [1.29, 1.82) is 0 Å². The first-order valence-corrected chi connectivity index (χ1v) is 7.17. The smallest absolute Gasteiger partial charge is 0.200 e. The number of aryl methyl sites for hydroxylation is 2. The van der Waals surface area contributed by atoms with Crippen molar-refractivity contribution in [2.24, 2.45) is 0 Å². The third-order valence-corrected chi connectivity index (χ3v) is 3.48. The summed E-state index contributed by atoms with van der Waals surface area (Å²) in [5.74, 6) is 0.622. The molecule has 0 aliphatic carbocycles. The number of rotatable bonds is 6. The van der Waals surface area contributed by atoms with Crippen LogP contribution in [0, 0.1) is 0 Å². The molecule has 0 spiro atoms. The van der Waals surface area contributed by atoms with Gasteiger partial charge in [0, 0.05) is 18.3 Å². The zero-order valence-corrected chi connectivity index (χ0v) is 13.1. The van der Waals surface area contributed by atoms with Crippen LogP contribution < -0.4 is 5.73 Å². The highest BCUT2D eigenvalue weighted by Gasteiger charge is 2.09. The summed E-state index contributed by atoms with van der Waals surface area (Å²) in [6, 6.07) is 8.41. The van der Waals surface area contributed by atoms with Crippen LogP contribution in [0.15, 0.2) is 30.5 Å². The zero-order valence-electron chi connectivity index (χ0n) is 12.3. The lowest BCUT2D eigenvalue weighted by molar-refractivity contribution is 0.608. The minimum absolute atomic E-state index is 0. The van der Waals surface area contributed by atoms with E-state index < -0.39 is 0 Å². The van der Waals surface area contributed by atoms with Crippen molar-refractivity contribution in [3.05, 3.63) is 36.0 Å². The van der Waals surface area contributed by atoms with E-state index in [4.69, 9.17) is 5.73 Å². The fourth-order valence-electron chi connectivity index (χ4n) is 2.35. The summed E-state index contributed by atoms with van der Waals surface area (Å²) in [6.07, 6.45) is 6.71. The van der Waals surface area contributed by atoms with E-state index in [1.165, 1.54) is 24.0 Å². The van der Waals surface area contributed by atoms with Gasteiger partial charge in [-0.05, 0) is 18.4 Å². The van der Waals surface area contributed by atoms with Gasteiger partial charge in [0.15, 0.2) is 0 Å². The van der Waals surface area contributed by atoms with Crippen molar-refractivity contribution in [1.82, 2.24) is 9.55 Å². The largest absolute Gasteiger partial charge is 0.369 e. The van der Waals surface area contributed by atoms with Crippen LogP contribution in [0.3, 0.4) is 0 Å². The van der Waals surface area contributed by atoms with Gasteiger partial charge < -0.3 is 10.3 Å². The van der Waals surface area contributed by atoms with Crippen molar-refractivity contribution in [3.8, 4) is 11.3 Å². The molecule has 2 N–H and O–H groups in total. The Kier molecular flexibility index (Phi) is 6.59. The standard InChI is InChI=1S/C16H23N3.ClH/c1-3-5-8-11-19-12-15(18-16(19)17)14-10-7-6-9-13(14)4-2;/h6-7,9-10,12H,3-5,8,11H2,1-2H3,(H2,17,18);1H. The van der Waals surface area contributed by atoms with Gasteiger partial charge in [0.05, 0.1) is 5.69 Å². The number of anilines is 1. The quantitative estimate of drug-likeness (QED) is 0.807. The molecule has 4 heteroatoms. The van der Waals surface area contributed by atoms with Gasteiger partial charge in [0.1, 0.15) is 0 Å². The summed E-state index contributed by atoms with van der Waals surface area (Å²) in [5.41, 5.74) is 9.52. The van der Waals surface area contributed by atoms with E-state index in [-0.39, 0.29) is 12.4 Å². The molecule has 0 atom stereocenters. The Labute approximate surface area is 127 Å². The van der Waals surface area contributed by atoms with Crippen LogP contribution in [0.25, 0.3) is 11.3 Å². The second-order valence-electron chi connectivity index (χ2n) is 4.90. The van der Waals surface area contributed by atoms with Gasteiger partial charge in [0.2, 0.25) is 5.95 Å². The molecule has 0 saturated heterocycles.